The summed E-state index contributed by atoms with van der Waals surface area (Å²) in [5.41, 5.74) is 0. The van der Waals surface area contributed by atoms with Crippen LogP contribution in [0.4, 0.5) is 4.79 Å². The third-order valence-electron chi connectivity index (χ3n) is 3.87. The fraction of sp³-hybridized carbons (Fsp3) is 0.769. The van der Waals surface area contributed by atoms with Gasteiger partial charge in [0.05, 0.1) is 0 Å². The van der Waals surface area contributed by atoms with E-state index in [4.69, 9.17) is 0 Å². The van der Waals surface area contributed by atoms with Crippen LogP contribution >= 0.6 is 0 Å². The molecule has 0 saturated heterocycles. The van der Waals surface area contributed by atoms with Crippen molar-refractivity contribution in [3.05, 3.63) is 12.2 Å². The van der Waals surface area contributed by atoms with Gasteiger partial charge in [-0.15, -0.1) is 0 Å². The molecule has 2 rings (SSSR count). The first-order valence-corrected chi connectivity index (χ1v) is 6.41. The van der Waals surface area contributed by atoms with E-state index in [9.17, 15) is 4.79 Å². The highest BCUT2D eigenvalue weighted by atomic mass is 16.2. The number of carbonyl (C=O) groups is 1. The first-order valence-electron chi connectivity index (χ1n) is 6.41. The number of hydrogen-bond donors (Lipinski definition) is 1. The smallest absolute Gasteiger partial charge is 0.317 e. The van der Waals surface area contributed by atoms with Crippen molar-refractivity contribution in [2.45, 2.75) is 38.6 Å². The average Bonchev–Trinajstić information content (AvgIpc) is 2.90. The van der Waals surface area contributed by atoms with Gasteiger partial charge < -0.3 is 10.2 Å². The Hall–Kier alpha value is -0.990. The van der Waals surface area contributed by atoms with Gasteiger partial charge in [-0.25, -0.2) is 4.79 Å². The van der Waals surface area contributed by atoms with Crippen LogP contribution in [0.15, 0.2) is 12.2 Å². The number of nitrogens with zero attached hydrogens (tertiary/aromatic N) is 1. The summed E-state index contributed by atoms with van der Waals surface area (Å²) >= 11 is 0. The van der Waals surface area contributed by atoms with Crippen LogP contribution < -0.4 is 5.32 Å². The topological polar surface area (TPSA) is 32.3 Å². The molecule has 1 fully saturated rings. The van der Waals surface area contributed by atoms with Crippen molar-refractivity contribution in [2.24, 2.45) is 11.8 Å². The molecule has 0 aliphatic heterocycles. The van der Waals surface area contributed by atoms with Crippen molar-refractivity contribution in [1.82, 2.24) is 10.2 Å². The zero-order chi connectivity index (χ0) is 11.5. The van der Waals surface area contributed by atoms with E-state index in [-0.39, 0.29) is 6.03 Å². The Balaban J connectivity index is 1.81. The normalized spacial score (nSPS) is 30.8. The van der Waals surface area contributed by atoms with E-state index in [0.29, 0.717) is 12.0 Å². The molecule has 3 nitrogen and oxygen atoms in total. The Morgan fingerprint density at radius 2 is 2.25 bits per heavy atom. The molecule has 2 bridgehead atoms. The van der Waals surface area contributed by atoms with Crippen molar-refractivity contribution in [1.29, 1.82) is 0 Å². The molecule has 16 heavy (non-hydrogen) atoms. The van der Waals surface area contributed by atoms with E-state index in [1.165, 1.54) is 6.42 Å². The Bertz CT molecular complexity index is 288. The van der Waals surface area contributed by atoms with Crippen molar-refractivity contribution in [3.8, 4) is 0 Å². The van der Waals surface area contributed by atoms with Gasteiger partial charge in [-0.05, 0) is 31.1 Å². The Labute approximate surface area is 97.9 Å². The second-order valence-corrected chi connectivity index (χ2v) is 5.04. The number of rotatable bonds is 4. The van der Waals surface area contributed by atoms with Gasteiger partial charge in [-0.2, -0.15) is 0 Å². The molecule has 1 N–H and O–H groups in total. The number of hydrogen-bond acceptors (Lipinski definition) is 1. The lowest BCUT2D eigenvalue weighted by Crippen LogP contribution is -2.45. The zero-order valence-corrected chi connectivity index (χ0v) is 10.3. The molecule has 2 amide bonds. The molecule has 0 heterocycles. The van der Waals surface area contributed by atoms with Crippen LogP contribution in [0.2, 0.25) is 0 Å². The van der Waals surface area contributed by atoms with E-state index in [1.807, 2.05) is 11.9 Å². The Morgan fingerprint density at radius 3 is 2.81 bits per heavy atom. The molecule has 2 aliphatic carbocycles. The number of nitrogens with one attached hydrogen (secondary N) is 1. The highest BCUT2D eigenvalue weighted by Gasteiger charge is 2.39. The minimum absolute atomic E-state index is 0.0967. The molecule has 3 heteroatoms. The molecule has 0 unspecified atom stereocenters. The van der Waals surface area contributed by atoms with Crippen LogP contribution in [0.1, 0.15) is 32.6 Å². The second kappa shape index (κ2) is 4.89. The van der Waals surface area contributed by atoms with Gasteiger partial charge in [0.15, 0.2) is 0 Å². The Morgan fingerprint density at radius 1 is 1.44 bits per heavy atom. The highest BCUT2D eigenvalue weighted by molar-refractivity contribution is 5.74. The third-order valence-corrected chi connectivity index (χ3v) is 3.87. The maximum absolute atomic E-state index is 11.9. The van der Waals surface area contributed by atoms with Gasteiger partial charge in [0.25, 0.3) is 0 Å². The van der Waals surface area contributed by atoms with E-state index < -0.39 is 0 Å². The third kappa shape index (κ3) is 2.23. The van der Waals surface area contributed by atoms with Gasteiger partial charge in [0, 0.05) is 19.6 Å². The van der Waals surface area contributed by atoms with E-state index in [2.05, 4.69) is 24.4 Å². The SMILES string of the molecule is CCCCNC(=O)N(C)[C@@H]1C[C@@H]2C=C[C@@H]1C2. The summed E-state index contributed by atoms with van der Waals surface area (Å²) in [5.74, 6) is 1.33. The van der Waals surface area contributed by atoms with Gasteiger partial charge in [-0.3, -0.25) is 0 Å². The average molecular weight is 222 g/mol. The summed E-state index contributed by atoms with van der Waals surface area (Å²) in [6.45, 7) is 2.94. The fourth-order valence-corrected chi connectivity index (χ4v) is 2.84. The minimum atomic E-state index is 0.0967. The molecule has 1 saturated carbocycles. The largest absolute Gasteiger partial charge is 0.338 e. The molecule has 90 valence electrons. The summed E-state index contributed by atoms with van der Waals surface area (Å²) in [6.07, 6.45) is 9.19. The predicted molar refractivity (Wildman–Crippen MR) is 65.2 cm³/mol. The van der Waals surface area contributed by atoms with E-state index in [1.54, 1.807) is 0 Å². The maximum Gasteiger partial charge on any atom is 0.317 e. The monoisotopic (exact) mass is 222 g/mol. The van der Waals surface area contributed by atoms with Gasteiger partial charge >= 0.3 is 6.03 Å². The first kappa shape index (κ1) is 11.5. The van der Waals surface area contributed by atoms with Crippen LogP contribution in [0, 0.1) is 11.8 Å². The molecule has 2 aliphatic rings. The summed E-state index contributed by atoms with van der Waals surface area (Å²) in [7, 11) is 1.93. The number of amides is 2. The van der Waals surface area contributed by atoms with Crippen LogP contribution in [-0.2, 0) is 0 Å². The zero-order valence-electron chi connectivity index (χ0n) is 10.3. The lowest BCUT2D eigenvalue weighted by molar-refractivity contribution is 0.181. The van der Waals surface area contributed by atoms with Crippen molar-refractivity contribution >= 4 is 6.03 Å². The molecule has 0 aromatic rings. The fourth-order valence-electron chi connectivity index (χ4n) is 2.84. The van der Waals surface area contributed by atoms with E-state index in [0.717, 1.165) is 31.7 Å². The molecule has 0 radical (unpaired) electrons. The molecule has 0 aromatic carbocycles. The minimum Gasteiger partial charge on any atom is -0.338 e. The number of allylic oxidation sites excluding steroid dienone is 1. The van der Waals surface area contributed by atoms with Crippen LogP contribution in [0.5, 0.6) is 0 Å². The van der Waals surface area contributed by atoms with Gasteiger partial charge in [-0.1, -0.05) is 25.5 Å². The summed E-state index contributed by atoms with van der Waals surface area (Å²) in [6, 6.07) is 0.524. The number of carbonyl (C=O) groups excluding carboxylic acids is 1. The summed E-state index contributed by atoms with van der Waals surface area (Å²) in [4.78, 5) is 13.8. The van der Waals surface area contributed by atoms with Crippen LogP contribution in [0.25, 0.3) is 0 Å². The van der Waals surface area contributed by atoms with Crippen molar-refractivity contribution in [2.75, 3.05) is 13.6 Å². The first-order chi connectivity index (χ1) is 7.72. The number of fused-ring (bicyclic) bond motifs is 2. The second-order valence-electron chi connectivity index (χ2n) is 5.04. The number of unbranched alkanes of at least 4 members (excludes halogenated alkanes) is 1. The lowest BCUT2D eigenvalue weighted by Gasteiger charge is -2.29. The van der Waals surface area contributed by atoms with Gasteiger partial charge in [0.2, 0.25) is 0 Å². The summed E-state index contributed by atoms with van der Waals surface area (Å²) in [5, 5.41) is 2.98. The molecular weight excluding hydrogens is 200 g/mol. The molecule has 3 atom stereocenters. The van der Waals surface area contributed by atoms with Crippen molar-refractivity contribution in [3.63, 3.8) is 0 Å². The molecular formula is C13H22N2O. The van der Waals surface area contributed by atoms with E-state index >= 15 is 0 Å². The maximum atomic E-state index is 11.9. The quantitative estimate of drug-likeness (QED) is 0.575. The molecule has 0 aromatic heterocycles. The van der Waals surface area contributed by atoms with Crippen molar-refractivity contribution < 1.29 is 4.79 Å². The Kier molecular flexibility index (Phi) is 3.52. The van der Waals surface area contributed by atoms with Crippen LogP contribution in [0.3, 0.4) is 0 Å². The van der Waals surface area contributed by atoms with Gasteiger partial charge in [0.1, 0.15) is 0 Å². The molecule has 0 spiro atoms. The number of urea groups is 1. The lowest BCUT2D eigenvalue weighted by atomic mass is 10.0. The highest BCUT2D eigenvalue weighted by Crippen LogP contribution is 2.41. The standard InChI is InChI=1S/C13H22N2O/c1-3-4-7-14-13(16)15(2)12-9-10-5-6-11(12)8-10/h5-6,10-12H,3-4,7-9H2,1-2H3,(H,14,16)/t10-,11-,12-/m1/s1. The summed E-state index contributed by atoms with van der Waals surface area (Å²) < 4.78 is 0. The predicted octanol–water partition coefficient (Wildman–Crippen LogP) is 2.39. The van der Waals surface area contributed by atoms with Crippen LogP contribution in [-0.4, -0.2) is 30.6 Å².